The Bertz CT molecular complexity index is 3220. The number of aliphatic imine (C=N–C) groups is 2. The van der Waals surface area contributed by atoms with E-state index in [-0.39, 0.29) is 99.0 Å². The number of H-pyrrole nitrogens is 1. The second kappa shape index (κ2) is 46.4. The molecule has 2 saturated heterocycles. The Balaban J connectivity index is 2.40. The van der Waals surface area contributed by atoms with Gasteiger partial charge in [0.2, 0.25) is 88.6 Å². The van der Waals surface area contributed by atoms with Crippen molar-refractivity contribution in [2.24, 2.45) is 62.0 Å². The van der Waals surface area contributed by atoms with E-state index in [1.807, 2.05) is 0 Å². The van der Waals surface area contributed by atoms with Gasteiger partial charge in [0, 0.05) is 60.3 Å². The molecule has 3 heterocycles. The summed E-state index contributed by atoms with van der Waals surface area (Å²) >= 11 is 0. The number of aliphatic carboxylic acids is 1. The minimum absolute atomic E-state index is 0.00324. The number of nitrogens with two attached hydrogens (primary N) is 7. The molecule has 0 unspecified atom stereocenters. The Morgan fingerprint density at radius 3 is 1.71 bits per heavy atom. The predicted molar refractivity (Wildman–Crippen MR) is 386 cm³/mol. The molecule has 1 aromatic heterocycles. The fraction of sp³-hybridized carbons (Fsp3) is 0.644. The molecule has 15 amide bonds. The van der Waals surface area contributed by atoms with Gasteiger partial charge >= 0.3 is 5.97 Å². The van der Waals surface area contributed by atoms with Gasteiger partial charge in [0.1, 0.15) is 66.5 Å². The highest BCUT2D eigenvalue weighted by atomic mass is 33.1. The van der Waals surface area contributed by atoms with Crippen LogP contribution in [-0.4, -0.2) is 243 Å². The molecular weight excluding hydrogens is 1450 g/mol. The summed E-state index contributed by atoms with van der Waals surface area (Å²) in [6.07, 6.45) is -0.967. The molecule has 12 atom stereocenters. The topological polar surface area (TPSA) is 685 Å². The van der Waals surface area contributed by atoms with E-state index in [9.17, 15) is 81.8 Å². The Kier molecular flexibility index (Phi) is 39.6. The average molecular weight is 1540 g/mol. The van der Waals surface area contributed by atoms with Gasteiger partial charge in [-0.1, -0.05) is 70.9 Å². The standard InChI is InChI=1S/C59H98N24O17S4/c1-27(2)14-35(47(62)90)79-57(100)41-24-102-101-23-31-17-38(75-43(85)19-60)53(96)73-29(5)48(91)80-36(15-28(3)4)50(93)71-21-44(86)74-32(8-6-12-68-58(63)64)49(92)70-22-45(87)76-40(25-103-104-31)56(99)78-34(10-11-46(88)89)52(95)82-39(18-42(61)84)55(98)81-37(16-30-20-67-26-72-30)54(97)77-33(51(94)83-41)9-7-13-69-59(65)66/h20,26-29,31-41H,6-19,21-25,60H2,1-5H3,(H2,61,84)(H2,62,90)(H,67,72)(H,70,92)(H,71,93)(H,73,96)(H,74,86)(H,75,85)(H,76,87)(H,77,97)(H,78,99)(H,79,100)(H,80,91)(H,81,98)(H,82,95)(H,83,94)(H,88,89)(H4,63,64,68)(H4,65,66,69)/t29-,31+,32-,33-,34-,35-,36-,37-,38-,39-,40-,41-/m0/s1. The van der Waals surface area contributed by atoms with Crippen LogP contribution in [0.5, 0.6) is 0 Å². The third-order valence-corrected chi connectivity index (χ3v) is 20.6. The van der Waals surface area contributed by atoms with E-state index in [4.69, 9.17) is 40.1 Å². The van der Waals surface area contributed by atoms with Crippen LogP contribution < -0.4 is 109 Å². The fourth-order valence-electron chi connectivity index (χ4n) is 9.81. The van der Waals surface area contributed by atoms with Gasteiger partial charge in [-0.2, -0.15) is 0 Å². The molecular formula is C59H98N24O17S4. The van der Waals surface area contributed by atoms with Crippen LogP contribution in [0.3, 0.4) is 0 Å². The average Bonchev–Trinajstić information content (AvgIpc) is 1.30. The molecule has 2 fully saturated rings. The molecule has 29 N–H and O–H groups in total. The zero-order chi connectivity index (χ0) is 77.8. The number of hydrogen-bond acceptors (Lipinski definition) is 24. The van der Waals surface area contributed by atoms with E-state index in [0.29, 0.717) is 0 Å². The summed E-state index contributed by atoms with van der Waals surface area (Å²) in [5, 5.41) is 41.3. The van der Waals surface area contributed by atoms with Crippen molar-refractivity contribution in [2.75, 3.05) is 50.0 Å². The first-order valence-corrected chi connectivity index (χ1v) is 37.9. The molecule has 41 nitrogen and oxygen atoms in total. The normalized spacial score (nSPS) is 24.4. The monoisotopic (exact) mass is 1540 g/mol. The van der Waals surface area contributed by atoms with Crippen molar-refractivity contribution in [3.8, 4) is 0 Å². The zero-order valence-corrected chi connectivity index (χ0v) is 61.4. The van der Waals surface area contributed by atoms with Crippen molar-refractivity contribution in [3.63, 3.8) is 0 Å². The van der Waals surface area contributed by atoms with Crippen molar-refractivity contribution in [1.82, 2.24) is 79.1 Å². The van der Waals surface area contributed by atoms with Gasteiger partial charge in [0.25, 0.3) is 0 Å². The molecule has 104 heavy (non-hydrogen) atoms. The molecule has 580 valence electrons. The van der Waals surface area contributed by atoms with E-state index in [0.717, 1.165) is 43.2 Å². The van der Waals surface area contributed by atoms with Crippen molar-refractivity contribution < 1.29 is 81.8 Å². The number of carboxylic acids is 1. The lowest BCUT2D eigenvalue weighted by Gasteiger charge is -2.28. The van der Waals surface area contributed by atoms with E-state index >= 15 is 0 Å². The van der Waals surface area contributed by atoms with Gasteiger partial charge in [-0.15, -0.1) is 0 Å². The number of rotatable bonds is 24. The minimum Gasteiger partial charge on any atom is -0.481 e. The Morgan fingerprint density at radius 2 is 1.14 bits per heavy atom. The van der Waals surface area contributed by atoms with Crippen molar-refractivity contribution >= 4 is 150 Å². The van der Waals surface area contributed by atoms with Crippen LogP contribution in [0.25, 0.3) is 0 Å². The molecule has 2 bridgehead atoms. The fourth-order valence-corrected chi connectivity index (χ4v) is 15.7. The number of guanidine groups is 2. The third kappa shape index (κ3) is 34.7. The molecule has 0 aromatic carbocycles. The lowest BCUT2D eigenvalue weighted by atomic mass is 10.0. The maximum Gasteiger partial charge on any atom is 0.303 e. The minimum atomic E-state index is -2.00. The molecule has 1 aromatic rings. The largest absolute Gasteiger partial charge is 0.481 e. The summed E-state index contributed by atoms with van der Waals surface area (Å²) in [4.78, 5) is 237. The number of carboxylic acid groups (broad SMARTS) is 1. The van der Waals surface area contributed by atoms with Gasteiger partial charge in [0.15, 0.2) is 11.9 Å². The number of aromatic amines is 1. The number of hydrogen-bond donors (Lipinski definition) is 22. The van der Waals surface area contributed by atoms with Gasteiger partial charge < -0.3 is 119 Å². The number of aromatic nitrogens is 2. The number of carbonyl (C=O) groups is 16. The summed E-state index contributed by atoms with van der Waals surface area (Å²) in [7, 11) is 3.82. The van der Waals surface area contributed by atoms with E-state index in [1.165, 1.54) is 19.4 Å². The smallest absolute Gasteiger partial charge is 0.303 e. The molecule has 0 spiro atoms. The zero-order valence-electron chi connectivity index (χ0n) is 58.2. The number of amides is 15. The lowest BCUT2D eigenvalue weighted by molar-refractivity contribution is -0.138. The van der Waals surface area contributed by atoms with E-state index in [2.05, 4.69) is 89.1 Å². The number of imidazole rings is 1. The molecule has 2 aliphatic rings. The quantitative estimate of drug-likeness (QED) is 0.0198. The highest BCUT2D eigenvalue weighted by Crippen LogP contribution is 2.36. The second-order valence-corrected chi connectivity index (χ2v) is 30.2. The van der Waals surface area contributed by atoms with Crippen molar-refractivity contribution in [2.45, 2.75) is 177 Å². The highest BCUT2D eigenvalue weighted by Gasteiger charge is 2.38. The summed E-state index contributed by atoms with van der Waals surface area (Å²) in [6.45, 7) is 5.89. The second-order valence-electron chi connectivity index (χ2n) is 24.9. The van der Waals surface area contributed by atoms with Crippen LogP contribution in [0.2, 0.25) is 0 Å². The highest BCUT2D eigenvalue weighted by molar-refractivity contribution is 8.78. The SMILES string of the molecule is CC(C)C[C@H](NC(=O)[C@@H]1CSSC[C@H]2C[C@H](NC(=O)CN)C(=O)N[C@@H](C)C(=O)N[C@@H](CC(C)C)C(=O)NCC(=O)N[C@@H](CCCN=C(N)N)C(=O)NCC(=O)N[C@@H](CSS2)C(=O)N[C@@H](CCC(=O)O)C(=O)N[C@@H](CC(N)=O)C(=O)N[C@@H](Cc2cnc[nH]2)C(=O)N[C@@H](CCCN=C(N)N)C(=O)N1)C(N)=O. The van der Waals surface area contributed by atoms with Crippen LogP contribution in [0.15, 0.2) is 22.5 Å². The van der Waals surface area contributed by atoms with Crippen LogP contribution in [0.4, 0.5) is 0 Å². The molecule has 0 radical (unpaired) electrons. The van der Waals surface area contributed by atoms with Gasteiger partial charge in [0.05, 0.1) is 32.4 Å². The number of carbonyl (C=O) groups excluding carboxylic acids is 15. The Hall–Kier alpha value is -9.37. The van der Waals surface area contributed by atoms with Crippen molar-refractivity contribution in [1.29, 1.82) is 0 Å². The summed E-state index contributed by atoms with van der Waals surface area (Å²) < 4.78 is 0. The van der Waals surface area contributed by atoms with Crippen LogP contribution >= 0.6 is 43.2 Å². The maximum atomic E-state index is 14.8. The molecule has 45 heteroatoms. The number of fused-ring (bicyclic) bond motifs is 4. The van der Waals surface area contributed by atoms with Crippen molar-refractivity contribution in [3.05, 3.63) is 18.2 Å². The van der Waals surface area contributed by atoms with Crippen LogP contribution in [0.1, 0.15) is 105 Å². The first kappa shape index (κ1) is 88.8. The van der Waals surface area contributed by atoms with Crippen LogP contribution in [0, 0.1) is 11.8 Å². The maximum absolute atomic E-state index is 14.8. The van der Waals surface area contributed by atoms with E-state index < -0.39 is 217 Å². The van der Waals surface area contributed by atoms with E-state index in [1.54, 1.807) is 27.7 Å². The Morgan fingerprint density at radius 1 is 0.606 bits per heavy atom. The lowest BCUT2D eigenvalue weighted by Crippen LogP contribution is -2.61. The first-order chi connectivity index (χ1) is 49.0. The predicted octanol–water partition coefficient (Wildman–Crippen LogP) is -8.53. The first-order valence-electron chi connectivity index (χ1n) is 33.0. The summed E-state index contributed by atoms with van der Waals surface area (Å²) in [5.74, 6) is -18.7. The molecule has 0 aliphatic carbocycles. The summed E-state index contributed by atoms with van der Waals surface area (Å²) in [5.41, 5.74) is 39.4. The Labute approximate surface area is 614 Å². The number of nitrogens with one attached hydrogen (secondary N) is 14. The van der Waals surface area contributed by atoms with Crippen LogP contribution in [-0.2, 0) is 83.1 Å². The number of nitrogens with zero attached hydrogens (tertiary/aromatic N) is 3. The summed E-state index contributed by atoms with van der Waals surface area (Å²) in [6, 6.07) is -17.5. The molecule has 0 saturated carbocycles. The van der Waals surface area contributed by atoms with Gasteiger partial charge in [-0.3, -0.25) is 86.7 Å². The van der Waals surface area contributed by atoms with Gasteiger partial charge in [-0.25, -0.2) is 4.98 Å². The molecule has 3 rings (SSSR count). The molecule has 2 aliphatic heterocycles. The number of primary amides is 2. The third-order valence-electron chi connectivity index (χ3n) is 15.0. The van der Waals surface area contributed by atoms with Gasteiger partial charge in [-0.05, 0) is 70.1 Å².